The largest absolute Gasteiger partial charge is 0.341 e. The van der Waals surface area contributed by atoms with E-state index in [0.717, 1.165) is 11.5 Å². The van der Waals surface area contributed by atoms with Gasteiger partial charge in [0.25, 0.3) is 0 Å². The predicted molar refractivity (Wildman–Crippen MR) is 115 cm³/mol. The van der Waals surface area contributed by atoms with Crippen LogP contribution in [0, 0.1) is 11.3 Å². The minimum atomic E-state index is 0.286. The highest BCUT2D eigenvalue weighted by atomic mass is 16.2. The van der Waals surface area contributed by atoms with Crippen molar-refractivity contribution in [2.24, 2.45) is 11.3 Å². The predicted octanol–water partition coefficient (Wildman–Crippen LogP) is 4.90. The van der Waals surface area contributed by atoms with Crippen LogP contribution in [-0.2, 0) is 11.2 Å². The third-order valence-electron chi connectivity index (χ3n) is 8.14. The summed E-state index contributed by atoms with van der Waals surface area (Å²) in [7, 11) is 2.07. The Morgan fingerprint density at radius 2 is 1.82 bits per heavy atom. The van der Waals surface area contributed by atoms with Crippen LogP contribution in [0.25, 0.3) is 0 Å². The van der Waals surface area contributed by atoms with E-state index in [2.05, 4.69) is 35.9 Å². The molecule has 1 spiro atoms. The first-order chi connectivity index (χ1) is 13.6. The Labute approximate surface area is 171 Å². The Kier molecular flexibility index (Phi) is 6.10. The first-order valence-corrected chi connectivity index (χ1v) is 11.6. The van der Waals surface area contributed by atoms with Crippen molar-refractivity contribution < 1.29 is 4.79 Å². The first kappa shape index (κ1) is 19.9. The zero-order valence-electron chi connectivity index (χ0n) is 17.9. The molecule has 2 aliphatic carbocycles. The second-order valence-corrected chi connectivity index (χ2v) is 9.80. The van der Waals surface area contributed by atoms with E-state index in [-0.39, 0.29) is 5.91 Å². The normalized spacial score (nSPS) is 33.4. The third-order valence-corrected chi connectivity index (χ3v) is 8.14. The lowest BCUT2D eigenvalue weighted by Crippen LogP contribution is -2.56. The minimum Gasteiger partial charge on any atom is -0.341 e. The molecule has 3 fully saturated rings. The number of rotatable bonds is 5. The Morgan fingerprint density at radius 1 is 1.11 bits per heavy atom. The second-order valence-electron chi connectivity index (χ2n) is 9.80. The number of carbonyl (C=O) groups is 1. The van der Waals surface area contributed by atoms with Crippen molar-refractivity contribution in [2.45, 2.75) is 83.2 Å². The van der Waals surface area contributed by atoms with Gasteiger partial charge in [-0.15, -0.1) is 0 Å². The van der Waals surface area contributed by atoms with Gasteiger partial charge in [0.15, 0.2) is 0 Å². The molecule has 0 N–H and O–H groups in total. The van der Waals surface area contributed by atoms with E-state index in [0.29, 0.717) is 23.9 Å². The number of hydrogen-bond acceptors (Lipinski definition) is 2. The molecule has 4 rings (SSSR count). The van der Waals surface area contributed by atoms with Crippen LogP contribution in [-0.4, -0.2) is 47.9 Å². The number of likely N-dealkylation sites (tertiary alicyclic amines) is 1. The van der Waals surface area contributed by atoms with Gasteiger partial charge in [-0.3, -0.25) is 9.69 Å². The number of benzene rings is 1. The van der Waals surface area contributed by atoms with Crippen LogP contribution < -0.4 is 0 Å². The van der Waals surface area contributed by atoms with Crippen LogP contribution in [0.15, 0.2) is 30.3 Å². The van der Waals surface area contributed by atoms with Gasteiger partial charge in [0.05, 0.1) is 6.42 Å². The summed E-state index contributed by atoms with van der Waals surface area (Å²) in [5, 5.41) is 0. The highest BCUT2D eigenvalue weighted by Gasteiger charge is 2.48. The van der Waals surface area contributed by atoms with Gasteiger partial charge in [-0.25, -0.2) is 0 Å². The molecule has 0 aromatic heterocycles. The van der Waals surface area contributed by atoms with Crippen molar-refractivity contribution in [1.82, 2.24) is 9.80 Å². The maximum Gasteiger partial charge on any atom is 0.227 e. The van der Waals surface area contributed by atoms with Gasteiger partial charge in [-0.05, 0) is 81.4 Å². The molecule has 0 radical (unpaired) electrons. The van der Waals surface area contributed by atoms with Crippen LogP contribution in [0.5, 0.6) is 0 Å². The van der Waals surface area contributed by atoms with Gasteiger partial charge in [0.2, 0.25) is 5.91 Å². The molecule has 1 heterocycles. The van der Waals surface area contributed by atoms with Crippen molar-refractivity contribution in [2.75, 3.05) is 20.1 Å². The summed E-state index contributed by atoms with van der Waals surface area (Å²) in [6.07, 6.45) is 12.6. The number of nitrogens with zero attached hydrogens (tertiary/aromatic N) is 2. The fraction of sp³-hybridized carbons (Fsp3) is 0.720. The Bertz CT molecular complexity index is 654. The number of likely N-dealkylation sites (N-methyl/N-ethyl adjacent to an activating group) is 1. The van der Waals surface area contributed by atoms with E-state index in [1.54, 1.807) is 0 Å². The first-order valence-electron chi connectivity index (χ1n) is 11.6. The van der Waals surface area contributed by atoms with Crippen LogP contribution in [0.1, 0.15) is 70.3 Å². The molecule has 28 heavy (non-hydrogen) atoms. The summed E-state index contributed by atoms with van der Waals surface area (Å²) >= 11 is 0. The maximum absolute atomic E-state index is 13.1. The highest BCUT2D eigenvalue weighted by molar-refractivity contribution is 5.78. The lowest BCUT2D eigenvalue weighted by Gasteiger charge is -2.49. The Morgan fingerprint density at radius 3 is 2.50 bits per heavy atom. The average Bonchev–Trinajstić information content (AvgIpc) is 3.39. The average molecular weight is 383 g/mol. The van der Waals surface area contributed by atoms with Crippen LogP contribution in [0.3, 0.4) is 0 Å². The van der Waals surface area contributed by atoms with Crippen LogP contribution in [0.2, 0.25) is 0 Å². The molecule has 2 saturated carbocycles. The van der Waals surface area contributed by atoms with E-state index >= 15 is 0 Å². The van der Waals surface area contributed by atoms with Crippen molar-refractivity contribution in [1.29, 1.82) is 0 Å². The minimum absolute atomic E-state index is 0.286. The molecular formula is C25H38N2O. The van der Waals surface area contributed by atoms with Crippen molar-refractivity contribution >= 4 is 5.91 Å². The molecule has 1 aliphatic heterocycles. The molecule has 4 atom stereocenters. The van der Waals surface area contributed by atoms with Gasteiger partial charge in [0.1, 0.15) is 0 Å². The standard InChI is InChI=1S/C25H38N2O/c1-3-20-11-13-25(18-20)14-12-22(23(19-25)27-15-7-8-16-27)26(2)24(28)17-21-9-5-4-6-10-21/h4-6,9-10,20,22-23H,3,7-8,11-19H2,1-2H3. The fourth-order valence-corrected chi connectivity index (χ4v) is 6.39. The maximum atomic E-state index is 13.1. The Hall–Kier alpha value is -1.35. The zero-order chi connectivity index (χ0) is 19.6. The zero-order valence-corrected chi connectivity index (χ0v) is 17.9. The number of amides is 1. The fourth-order valence-electron chi connectivity index (χ4n) is 6.39. The van der Waals surface area contributed by atoms with Gasteiger partial charge in [-0.2, -0.15) is 0 Å². The number of hydrogen-bond donors (Lipinski definition) is 0. The lowest BCUT2D eigenvalue weighted by molar-refractivity contribution is -0.134. The van der Waals surface area contributed by atoms with Gasteiger partial charge in [-0.1, -0.05) is 43.7 Å². The summed E-state index contributed by atoms with van der Waals surface area (Å²) in [5.74, 6) is 1.22. The van der Waals surface area contributed by atoms with Gasteiger partial charge >= 0.3 is 0 Å². The van der Waals surface area contributed by atoms with E-state index in [1.165, 1.54) is 70.9 Å². The van der Waals surface area contributed by atoms with Gasteiger partial charge < -0.3 is 4.90 Å². The monoisotopic (exact) mass is 382 g/mol. The molecule has 154 valence electrons. The van der Waals surface area contributed by atoms with E-state index in [9.17, 15) is 4.79 Å². The molecular weight excluding hydrogens is 344 g/mol. The summed E-state index contributed by atoms with van der Waals surface area (Å²) in [4.78, 5) is 17.9. The molecule has 0 bridgehead atoms. The summed E-state index contributed by atoms with van der Waals surface area (Å²) in [5.41, 5.74) is 1.69. The summed E-state index contributed by atoms with van der Waals surface area (Å²) < 4.78 is 0. The third kappa shape index (κ3) is 4.15. The Balaban J connectivity index is 1.48. The molecule has 1 aromatic rings. The smallest absolute Gasteiger partial charge is 0.227 e. The lowest BCUT2D eigenvalue weighted by atomic mass is 9.68. The molecule has 3 nitrogen and oxygen atoms in total. The van der Waals surface area contributed by atoms with E-state index in [1.807, 2.05) is 18.2 Å². The molecule has 3 heteroatoms. The molecule has 1 saturated heterocycles. The second kappa shape index (κ2) is 8.57. The molecule has 3 aliphatic rings. The van der Waals surface area contributed by atoms with Gasteiger partial charge in [0, 0.05) is 19.1 Å². The van der Waals surface area contributed by atoms with E-state index in [4.69, 9.17) is 0 Å². The van der Waals surface area contributed by atoms with Crippen molar-refractivity contribution in [3.63, 3.8) is 0 Å². The molecule has 1 amide bonds. The topological polar surface area (TPSA) is 23.6 Å². The highest BCUT2D eigenvalue weighted by Crippen LogP contribution is 2.53. The van der Waals surface area contributed by atoms with Crippen LogP contribution >= 0.6 is 0 Å². The molecule has 4 unspecified atom stereocenters. The summed E-state index contributed by atoms with van der Waals surface area (Å²) in [6, 6.07) is 11.2. The quantitative estimate of drug-likeness (QED) is 0.723. The SMILES string of the molecule is CCC1CCC2(CCC(N(C)C(=O)Cc3ccccc3)C(N3CCCC3)C2)C1. The number of carbonyl (C=O) groups excluding carboxylic acids is 1. The van der Waals surface area contributed by atoms with E-state index < -0.39 is 0 Å². The van der Waals surface area contributed by atoms with Crippen molar-refractivity contribution in [3.05, 3.63) is 35.9 Å². The van der Waals surface area contributed by atoms with Crippen molar-refractivity contribution in [3.8, 4) is 0 Å². The van der Waals surface area contributed by atoms with Crippen LogP contribution in [0.4, 0.5) is 0 Å². The molecule has 1 aromatic carbocycles. The summed E-state index contributed by atoms with van der Waals surface area (Å²) in [6.45, 7) is 4.83.